The summed E-state index contributed by atoms with van der Waals surface area (Å²) in [5, 5.41) is 36.3. The van der Waals surface area contributed by atoms with Crippen molar-refractivity contribution in [3.05, 3.63) is 165 Å². The summed E-state index contributed by atoms with van der Waals surface area (Å²) >= 11 is 0. The van der Waals surface area contributed by atoms with Gasteiger partial charge in [-0.2, -0.15) is 10.5 Å². The fraction of sp³-hybridized carbons (Fsp3) is 0.231. The Hall–Kier alpha value is -8.24. The molecule has 2 heterocycles. The van der Waals surface area contributed by atoms with Gasteiger partial charge in [0, 0.05) is 69.5 Å². The van der Waals surface area contributed by atoms with E-state index in [0.717, 1.165) is 23.3 Å². The molecule has 16 heteroatoms. The average Bonchev–Trinajstić information content (AvgIpc) is 4.12. The molecule has 10 rings (SSSR count). The minimum absolute atomic E-state index is 0.0136. The maximum absolute atomic E-state index is 14.8. The van der Waals surface area contributed by atoms with E-state index in [4.69, 9.17) is 43.9 Å². The predicted octanol–water partition coefficient (Wildman–Crippen LogP) is 11.3. The summed E-state index contributed by atoms with van der Waals surface area (Å²) in [5.41, 5.74) is 3.72. The monoisotopic (exact) mass is 926 g/mol. The van der Waals surface area contributed by atoms with Crippen molar-refractivity contribution in [1.29, 1.82) is 10.5 Å². The van der Waals surface area contributed by atoms with Crippen molar-refractivity contribution in [2.45, 2.75) is 62.6 Å². The maximum Gasteiger partial charge on any atom is 0.304 e. The molecule has 6 aromatic carbocycles. The Labute approximate surface area is 386 Å². The molecule has 4 atom stereocenters. The second kappa shape index (κ2) is 18.9. The second-order valence-corrected chi connectivity index (χ2v) is 16.5. The first kappa shape index (κ1) is 44.9. The molecular formula is C52H38F4N2O10. The number of aliphatic carboxylic acids is 2. The molecule has 12 nitrogen and oxygen atoms in total. The van der Waals surface area contributed by atoms with Gasteiger partial charge in [-0.25, -0.2) is 17.6 Å². The number of hydrogen-bond acceptors (Lipinski definition) is 10. The van der Waals surface area contributed by atoms with Crippen LogP contribution in [0.3, 0.4) is 0 Å². The summed E-state index contributed by atoms with van der Waals surface area (Å²) in [5.74, 6) is -1.17. The highest BCUT2D eigenvalue weighted by Gasteiger charge is 2.34. The zero-order valence-corrected chi connectivity index (χ0v) is 35.8. The molecule has 0 fully saturated rings. The molecule has 68 heavy (non-hydrogen) atoms. The fourth-order valence-electron chi connectivity index (χ4n) is 9.03. The summed E-state index contributed by atoms with van der Waals surface area (Å²) < 4.78 is 92.4. The number of carbonyl (C=O) groups is 2. The van der Waals surface area contributed by atoms with Gasteiger partial charge in [0.25, 0.3) is 0 Å². The van der Waals surface area contributed by atoms with Gasteiger partial charge in [0.2, 0.25) is 0 Å². The van der Waals surface area contributed by atoms with E-state index in [0.29, 0.717) is 89.0 Å². The van der Waals surface area contributed by atoms with Gasteiger partial charge < -0.3 is 38.6 Å². The topological polar surface area (TPSA) is 178 Å². The van der Waals surface area contributed by atoms with Gasteiger partial charge in [0.05, 0.1) is 37.2 Å². The number of hydrogen-bond donors (Lipinski definition) is 2. The van der Waals surface area contributed by atoms with Gasteiger partial charge in [-0.3, -0.25) is 9.59 Å². The van der Waals surface area contributed by atoms with Crippen molar-refractivity contribution < 1.29 is 65.8 Å². The van der Waals surface area contributed by atoms with Crippen molar-refractivity contribution in [2.75, 3.05) is 13.2 Å². The molecule has 2 aliphatic heterocycles. The maximum atomic E-state index is 14.8. The third-order valence-electron chi connectivity index (χ3n) is 12.2. The van der Waals surface area contributed by atoms with Crippen LogP contribution in [0.2, 0.25) is 0 Å². The van der Waals surface area contributed by atoms with E-state index in [1.54, 1.807) is 42.5 Å². The number of nitriles is 2. The quantitative estimate of drug-likeness (QED) is 0.111. The standard InChI is InChI=1S/2C26H19F2NO5/c27-20-6-8-22(33-16-2-1-14(12-29)21(28)10-16)19-5-7-23(26(19)20)34-17-3-4-18-15(9-25(30)31)13-32-24(18)11-17;27-16-2-1-14(12-29)23(10-16)34-21-8-6-20(28)26-19(21)5-7-22(26)33-17-3-4-18-15(9-25(30)31)13-32-24(18)11-17/h1-4,6,8,10-11,15,23H,5,7,9,13H2,(H,30,31);1-4,6,8,10-11,15,22H,5,7,9,13H2,(H,30,31)/t15-,23-;15-,22-/m11/s1. The SMILES string of the molecule is N#Cc1ccc(F)cc1Oc1ccc(F)c2c1CC[C@H]2Oc1ccc2c(c1)OC[C@H]2CC(=O)O.N#Cc1ccc(Oc2ccc(F)c3c2CC[C@H]3Oc2ccc3c(c2)OC[C@H]3CC(=O)O)cc1F. The first-order valence-corrected chi connectivity index (χ1v) is 21.5. The van der Waals surface area contributed by atoms with Crippen LogP contribution in [-0.2, 0) is 22.4 Å². The number of carboxylic acids is 2. The molecule has 0 spiro atoms. The Bertz CT molecular complexity index is 3080. The zero-order valence-electron chi connectivity index (χ0n) is 35.8. The lowest BCUT2D eigenvalue weighted by Crippen LogP contribution is -2.07. The van der Waals surface area contributed by atoms with E-state index in [1.165, 1.54) is 48.5 Å². The smallest absolute Gasteiger partial charge is 0.304 e. The summed E-state index contributed by atoms with van der Waals surface area (Å²) in [6, 6.07) is 27.2. The average molecular weight is 927 g/mol. The molecule has 6 aromatic rings. The third kappa shape index (κ3) is 9.26. The Morgan fingerprint density at radius 2 is 1.07 bits per heavy atom. The van der Waals surface area contributed by atoms with E-state index in [2.05, 4.69) is 0 Å². The van der Waals surface area contributed by atoms with Crippen molar-refractivity contribution in [1.82, 2.24) is 0 Å². The van der Waals surface area contributed by atoms with Gasteiger partial charge in [-0.15, -0.1) is 0 Å². The van der Waals surface area contributed by atoms with Crippen LogP contribution in [0.4, 0.5) is 17.6 Å². The lowest BCUT2D eigenvalue weighted by atomic mass is 9.98. The van der Waals surface area contributed by atoms with Crippen LogP contribution in [0.5, 0.6) is 46.0 Å². The highest BCUT2D eigenvalue weighted by atomic mass is 19.1. The molecule has 0 aromatic heterocycles. The van der Waals surface area contributed by atoms with Crippen LogP contribution in [-0.4, -0.2) is 35.4 Å². The highest BCUT2D eigenvalue weighted by molar-refractivity contribution is 5.69. The summed E-state index contributed by atoms with van der Waals surface area (Å²) in [4.78, 5) is 22.1. The second-order valence-electron chi connectivity index (χ2n) is 16.5. The fourth-order valence-corrected chi connectivity index (χ4v) is 9.03. The van der Waals surface area contributed by atoms with Crippen molar-refractivity contribution in [3.63, 3.8) is 0 Å². The minimum Gasteiger partial charge on any atom is -0.492 e. The number of benzene rings is 6. The predicted molar refractivity (Wildman–Crippen MR) is 232 cm³/mol. The summed E-state index contributed by atoms with van der Waals surface area (Å²) in [7, 11) is 0. The van der Waals surface area contributed by atoms with Gasteiger partial charge in [-0.05, 0) is 86.3 Å². The lowest BCUT2D eigenvalue weighted by molar-refractivity contribution is -0.138. The van der Waals surface area contributed by atoms with Crippen LogP contribution in [0.15, 0.2) is 97.1 Å². The summed E-state index contributed by atoms with van der Waals surface area (Å²) in [6.45, 7) is 0.583. The van der Waals surface area contributed by atoms with Crippen LogP contribution in [0, 0.1) is 45.9 Å². The molecule has 344 valence electrons. The molecule has 2 aliphatic carbocycles. The van der Waals surface area contributed by atoms with Gasteiger partial charge in [0.1, 0.15) is 93.6 Å². The highest BCUT2D eigenvalue weighted by Crippen LogP contribution is 2.47. The Morgan fingerprint density at radius 1 is 0.574 bits per heavy atom. The number of ether oxygens (including phenoxy) is 6. The van der Waals surface area contributed by atoms with Crippen LogP contribution < -0.4 is 28.4 Å². The molecule has 0 radical (unpaired) electrons. The normalized spacial score (nSPS) is 17.9. The number of fused-ring (bicyclic) bond motifs is 4. The molecule has 0 bridgehead atoms. The first-order valence-electron chi connectivity index (χ1n) is 21.5. The van der Waals surface area contributed by atoms with E-state index < -0.39 is 47.4 Å². The van der Waals surface area contributed by atoms with Crippen molar-refractivity contribution in [2.24, 2.45) is 0 Å². The Kier molecular flexibility index (Phi) is 12.5. The third-order valence-corrected chi connectivity index (χ3v) is 12.2. The van der Waals surface area contributed by atoms with E-state index in [1.807, 2.05) is 6.07 Å². The molecule has 0 saturated heterocycles. The van der Waals surface area contributed by atoms with Crippen molar-refractivity contribution in [3.8, 4) is 58.1 Å². The summed E-state index contributed by atoms with van der Waals surface area (Å²) in [6.07, 6.45) is 0.854. The number of carboxylic acid groups (broad SMARTS) is 2. The molecule has 0 saturated carbocycles. The van der Waals surface area contributed by atoms with E-state index >= 15 is 0 Å². The number of nitrogens with zero attached hydrogens (tertiary/aromatic N) is 2. The van der Waals surface area contributed by atoms with Crippen LogP contribution in [0.25, 0.3) is 0 Å². The Morgan fingerprint density at radius 3 is 1.57 bits per heavy atom. The number of halogens is 4. The molecule has 4 aliphatic rings. The van der Waals surface area contributed by atoms with E-state index in [-0.39, 0.29) is 53.9 Å². The molecule has 2 N–H and O–H groups in total. The van der Waals surface area contributed by atoms with Crippen LogP contribution in [0.1, 0.15) is 94.2 Å². The van der Waals surface area contributed by atoms with Crippen molar-refractivity contribution >= 4 is 11.9 Å². The number of rotatable bonds is 12. The van der Waals surface area contributed by atoms with Crippen LogP contribution >= 0.6 is 0 Å². The zero-order chi connectivity index (χ0) is 47.6. The van der Waals surface area contributed by atoms with Gasteiger partial charge >= 0.3 is 11.9 Å². The molecule has 0 unspecified atom stereocenters. The van der Waals surface area contributed by atoms with E-state index in [9.17, 15) is 32.4 Å². The molecule has 0 amide bonds. The largest absolute Gasteiger partial charge is 0.492 e. The first-order chi connectivity index (χ1) is 32.8. The minimum atomic E-state index is -0.891. The van der Waals surface area contributed by atoms with Gasteiger partial charge in [-0.1, -0.05) is 12.1 Å². The molecular weight excluding hydrogens is 889 g/mol. The Balaban J connectivity index is 0.000000170. The van der Waals surface area contributed by atoms with Gasteiger partial charge in [0.15, 0.2) is 0 Å². The lowest BCUT2D eigenvalue weighted by Gasteiger charge is -2.17.